The SMILES string of the molecule is COc1ccccc1C(=O)[C@@H](NC(=O)[C@H](CCCc1cc(OC)c(OC)c(OC)c1)[C@H](O)C(=O)NO)C(C)(C)C. The Morgan fingerprint density at radius 1 is 0.875 bits per heavy atom. The number of amides is 2. The number of aryl methyl sites for hydroxylation is 1. The first kappa shape index (κ1) is 32.4. The van der Waals surface area contributed by atoms with Gasteiger partial charge < -0.3 is 29.4 Å². The molecule has 220 valence electrons. The number of hydrogen-bond acceptors (Lipinski definition) is 9. The van der Waals surface area contributed by atoms with Gasteiger partial charge in [0.05, 0.1) is 46.0 Å². The smallest absolute Gasteiger partial charge is 0.272 e. The van der Waals surface area contributed by atoms with Crippen LogP contribution in [0.2, 0.25) is 0 Å². The normalized spacial score (nSPS) is 13.4. The van der Waals surface area contributed by atoms with Crippen LogP contribution in [-0.2, 0) is 16.0 Å². The second-order valence-electron chi connectivity index (χ2n) is 10.3. The summed E-state index contributed by atoms with van der Waals surface area (Å²) in [6.07, 6.45) is -0.979. The number of carbonyl (C=O) groups is 3. The predicted octanol–water partition coefficient (Wildman–Crippen LogP) is 2.94. The van der Waals surface area contributed by atoms with E-state index in [2.05, 4.69) is 5.32 Å². The van der Waals surface area contributed by atoms with Gasteiger partial charge in [-0.15, -0.1) is 0 Å². The molecule has 0 fully saturated rings. The van der Waals surface area contributed by atoms with Gasteiger partial charge in [-0.3, -0.25) is 19.6 Å². The first-order valence-corrected chi connectivity index (χ1v) is 12.8. The minimum Gasteiger partial charge on any atom is -0.496 e. The molecular formula is C29H40N2O9. The van der Waals surface area contributed by atoms with Crippen LogP contribution in [0.4, 0.5) is 0 Å². The number of rotatable bonds is 14. The predicted molar refractivity (Wildman–Crippen MR) is 147 cm³/mol. The first-order chi connectivity index (χ1) is 18.9. The summed E-state index contributed by atoms with van der Waals surface area (Å²) in [6, 6.07) is 9.22. The second-order valence-corrected chi connectivity index (χ2v) is 10.3. The first-order valence-electron chi connectivity index (χ1n) is 12.8. The molecule has 11 heteroatoms. The molecule has 3 atom stereocenters. The molecule has 2 rings (SSSR count). The molecule has 11 nitrogen and oxygen atoms in total. The van der Waals surface area contributed by atoms with Crippen molar-refractivity contribution in [2.24, 2.45) is 11.3 Å². The average Bonchev–Trinajstić information content (AvgIpc) is 2.95. The Labute approximate surface area is 234 Å². The third kappa shape index (κ3) is 7.86. The molecule has 0 aromatic heterocycles. The molecule has 0 saturated heterocycles. The van der Waals surface area contributed by atoms with E-state index in [1.54, 1.807) is 57.2 Å². The Morgan fingerprint density at radius 2 is 1.45 bits per heavy atom. The van der Waals surface area contributed by atoms with Gasteiger partial charge in [0.25, 0.3) is 5.91 Å². The highest BCUT2D eigenvalue weighted by molar-refractivity contribution is 6.04. The molecule has 0 spiro atoms. The van der Waals surface area contributed by atoms with Crippen molar-refractivity contribution in [1.29, 1.82) is 0 Å². The van der Waals surface area contributed by atoms with Gasteiger partial charge in [-0.1, -0.05) is 32.9 Å². The molecular weight excluding hydrogens is 520 g/mol. The van der Waals surface area contributed by atoms with Crippen LogP contribution >= 0.6 is 0 Å². The van der Waals surface area contributed by atoms with Gasteiger partial charge in [-0.05, 0) is 54.5 Å². The van der Waals surface area contributed by atoms with Crippen LogP contribution in [0.5, 0.6) is 23.0 Å². The van der Waals surface area contributed by atoms with Gasteiger partial charge in [-0.25, -0.2) is 5.48 Å². The summed E-state index contributed by atoms with van der Waals surface area (Å²) in [5.74, 6) is -1.74. The van der Waals surface area contributed by atoms with E-state index in [0.29, 0.717) is 35.8 Å². The van der Waals surface area contributed by atoms with Gasteiger partial charge >= 0.3 is 0 Å². The van der Waals surface area contributed by atoms with Gasteiger partial charge in [0.15, 0.2) is 17.3 Å². The molecule has 0 aliphatic rings. The standard InChI is InChI=1S/C29H40N2O9/c1-29(2,3)26(23(32)18-12-8-9-14-20(18)37-4)30-27(34)19(24(33)28(35)31-36)13-10-11-17-15-21(38-5)25(40-7)22(16-17)39-6/h8-9,12,14-16,19,24,26,33,36H,10-11,13H2,1-7H3,(H,30,34)(H,31,35)/t19-,24+,26-/m1/s1. The molecule has 0 saturated carbocycles. The summed E-state index contributed by atoms with van der Waals surface area (Å²) < 4.78 is 21.5. The van der Waals surface area contributed by atoms with Crippen LogP contribution in [0, 0.1) is 11.3 Å². The summed E-state index contributed by atoms with van der Waals surface area (Å²) in [7, 11) is 5.96. The number of nitrogens with one attached hydrogen (secondary N) is 2. The number of methoxy groups -OCH3 is 4. The number of benzene rings is 2. The van der Waals surface area contributed by atoms with Gasteiger partial charge in [0.2, 0.25) is 11.7 Å². The zero-order valence-corrected chi connectivity index (χ0v) is 24.1. The Balaban J connectivity index is 2.31. The zero-order chi connectivity index (χ0) is 30.0. The van der Waals surface area contributed by atoms with E-state index in [1.807, 2.05) is 0 Å². The number of hydroxylamine groups is 1. The van der Waals surface area contributed by atoms with Gasteiger partial charge in [0, 0.05) is 0 Å². The largest absolute Gasteiger partial charge is 0.496 e. The molecule has 2 aromatic carbocycles. The maximum Gasteiger partial charge on any atom is 0.272 e. The topological polar surface area (TPSA) is 153 Å². The molecule has 0 aliphatic heterocycles. The number of para-hydroxylation sites is 1. The Morgan fingerprint density at radius 3 is 1.95 bits per heavy atom. The van der Waals surface area contributed by atoms with Crippen molar-refractivity contribution in [3.8, 4) is 23.0 Å². The molecule has 0 aliphatic carbocycles. The van der Waals surface area contributed by atoms with E-state index in [9.17, 15) is 19.5 Å². The number of aliphatic hydroxyl groups is 1. The molecule has 2 amide bonds. The fourth-order valence-electron chi connectivity index (χ4n) is 4.42. The fourth-order valence-corrected chi connectivity index (χ4v) is 4.42. The van der Waals surface area contributed by atoms with E-state index >= 15 is 0 Å². The minimum absolute atomic E-state index is 0.0663. The quantitative estimate of drug-likeness (QED) is 0.155. The van der Waals surface area contributed by atoms with Crippen LogP contribution in [-0.4, -0.2) is 68.5 Å². The van der Waals surface area contributed by atoms with Crippen LogP contribution in [0.3, 0.4) is 0 Å². The maximum absolute atomic E-state index is 13.6. The van der Waals surface area contributed by atoms with Crippen molar-refractivity contribution in [3.05, 3.63) is 47.5 Å². The Hall–Kier alpha value is -3.83. The molecule has 4 N–H and O–H groups in total. The van der Waals surface area contributed by atoms with E-state index in [4.69, 9.17) is 24.2 Å². The van der Waals surface area contributed by atoms with E-state index < -0.39 is 35.3 Å². The lowest BCUT2D eigenvalue weighted by Crippen LogP contribution is -2.53. The third-order valence-corrected chi connectivity index (χ3v) is 6.59. The average molecular weight is 561 g/mol. The summed E-state index contributed by atoms with van der Waals surface area (Å²) in [5.41, 5.74) is 1.78. The fraction of sp³-hybridized carbons (Fsp3) is 0.483. The summed E-state index contributed by atoms with van der Waals surface area (Å²) in [5, 5.41) is 22.5. The van der Waals surface area contributed by atoms with Gasteiger partial charge in [-0.2, -0.15) is 0 Å². The summed E-state index contributed by atoms with van der Waals surface area (Å²) in [6.45, 7) is 5.38. The summed E-state index contributed by atoms with van der Waals surface area (Å²) >= 11 is 0. The molecule has 0 radical (unpaired) electrons. The van der Waals surface area contributed by atoms with E-state index in [0.717, 1.165) is 5.56 Å². The third-order valence-electron chi connectivity index (χ3n) is 6.59. The number of ether oxygens (including phenoxy) is 4. The second kappa shape index (κ2) is 14.5. The molecule has 2 aromatic rings. The lowest BCUT2D eigenvalue weighted by atomic mass is 9.81. The highest BCUT2D eigenvalue weighted by Gasteiger charge is 2.39. The van der Waals surface area contributed by atoms with Crippen molar-refractivity contribution >= 4 is 17.6 Å². The molecule has 0 unspecified atom stereocenters. The Bertz CT molecular complexity index is 1150. The summed E-state index contributed by atoms with van der Waals surface area (Å²) in [4.78, 5) is 39.2. The van der Waals surface area contributed by atoms with Crippen molar-refractivity contribution in [3.63, 3.8) is 0 Å². The minimum atomic E-state index is -1.85. The monoisotopic (exact) mass is 560 g/mol. The number of hydrogen-bond donors (Lipinski definition) is 4. The van der Waals surface area contributed by atoms with Gasteiger partial charge in [0.1, 0.15) is 11.9 Å². The van der Waals surface area contributed by atoms with Crippen LogP contribution in [0.1, 0.15) is 49.5 Å². The number of ketones is 1. The van der Waals surface area contributed by atoms with Crippen molar-refractivity contribution in [1.82, 2.24) is 10.8 Å². The maximum atomic E-state index is 13.6. The zero-order valence-electron chi connectivity index (χ0n) is 24.1. The number of Topliss-reactive ketones (excluding diaryl/α,β-unsaturated/α-hetero) is 1. The highest BCUT2D eigenvalue weighted by Crippen LogP contribution is 2.38. The number of carbonyl (C=O) groups excluding carboxylic acids is 3. The van der Waals surface area contributed by atoms with Crippen LogP contribution < -0.4 is 29.7 Å². The van der Waals surface area contributed by atoms with Crippen LogP contribution in [0.15, 0.2) is 36.4 Å². The van der Waals surface area contributed by atoms with E-state index in [1.165, 1.54) is 33.9 Å². The van der Waals surface area contributed by atoms with Crippen LogP contribution in [0.25, 0.3) is 0 Å². The highest BCUT2D eigenvalue weighted by atomic mass is 16.5. The van der Waals surface area contributed by atoms with Crippen molar-refractivity contribution < 1.29 is 43.6 Å². The molecule has 0 bridgehead atoms. The van der Waals surface area contributed by atoms with E-state index in [-0.39, 0.29) is 17.8 Å². The van der Waals surface area contributed by atoms with Crippen molar-refractivity contribution in [2.45, 2.75) is 52.2 Å². The number of aliphatic hydroxyl groups excluding tert-OH is 1. The molecule has 0 heterocycles. The lowest BCUT2D eigenvalue weighted by Gasteiger charge is -2.32. The Kier molecular flexibility index (Phi) is 11.8. The van der Waals surface area contributed by atoms with Crippen molar-refractivity contribution in [2.75, 3.05) is 28.4 Å². The lowest BCUT2D eigenvalue weighted by molar-refractivity contribution is -0.146. The molecule has 40 heavy (non-hydrogen) atoms.